The summed E-state index contributed by atoms with van der Waals surface area (Å²) in [5.41, 5.74) is 3.59. The van der Waals surface area contributed by atoms with Crippen molar-refractivity contribution < 1.29 is 9.18 Å². The molecule has 0 bridgehead atoms. The maximum atomic E-state index is 13.3. The molecule has 0 heterocycles. The van der Waals surface area contributed by atoms with Crippen molar-refractivity contribution in [2.45, 2.75) is 33.1 Å². The smallest absolute Gasteiger partial charge is 0.240 e. The van der Waals surface area contributed by atoms with Gasteiger partial charge in [0.1, 0.15) is 5.82 Å². The van der Waals surface area contributed by atoms with Crippen LogP contribution in [0.25, 0.3) is 6.08 Å². The lowest BCUT2D eigenvalue weighted by atomic mass is 10.2. The van der Waals surface area contributed by atoms with Crippen LogP contribution in [0.5, 0.6) is 0 Å². The van der Waals surface area contributed by atoms with E-state index in [1.54, 1.807) is 37.3 Å². The van der Waals surface area contributed by atoms with E-state index in [-0.39, 0.29) is 11.7 Å². The predicted molar refractivity (Wildman–Crippen MR) is 76.2 cm³/mol. The Morgan fingerprint density at radius 1 is 1.42 bits per heavy atom. The number of amides is 1. The van der Waals surface area contributed by atoms with Crippen molar-refractivity contribution in [3.63, 3.8) is 0 Å². The van der Waals surface area contributed by atoms with E-state index in [0.29, 0.717) is 17.7 Å². The molecule has 0 aliphatic carbocycles. The molecule has 3 nitrogen and oxygen atoms in total. The van der Waals surface area contributed by atoms with Crippen molar-refractivity contribution in [3.8, 4) is 0 Å². The fraction of sp³-hybridized carbons (Fsp3) is 0.333. The van der Waals surface area contributed by atoms with Gasteiger partial charge in [0.25, 0.3) is 0 Å². The third-order valence-corrected chi connectivity index (χ3v) is 2.52. The molecule has 0 radical (unpaired) electrons. The normalized spacial score (nSPS) is 11.8. The van der Waals surface area contributed by atoms with Crippen LogP contribution in [0.15, 0.2) is 35.4 Å². The maximum absolute atomic E-state index is 13.3. The number of hydrazone groups is 1. The Morgan fingerprint density at radius 2 is 2.16 bits per heavy atom. The highest BCUT2D eigenvalue weighted by molar-refractivity contribution is 5.96. The fourth-order valence-corrected chi connectivity index (χ4v) is 1.40. The highest BCUT2D eigenvalue weighted by Gasteiger charge is 1.98. The summed E-state index contributed by atoms with van der Waals surface area (Å²) in [6.07, 6.45) is 5.60. The van der Waals surface area contributed by atoms with Gasteiger partial charge in [0.2, 0.25) is 5.91 Å². The zero-order chi connectivity index (χ0) is 14.1. The fourth-order valence-electron chi connectivity index (χ4n) is 1.40. The third kappa shape index (κ3) is 5.95. The highest BCUT2D eigenvalue weighted by Crippen LogP contribution is 2.08. The number of allylic oxidation sites excluding steroid dienone is 1. The van der Waals surface area contributed by atoms with Crippen LogP contribution in [0.3, 0.4) is 0 Å². The molecule has 1 aromatic carbocycles. The minimum absolute atomic E-state index is 0.0968. The molecule has 0 saturated carbocycles. The third-order valence-electron chi connectivity index (χ3n) is 2.52. The molecule has 0 aromatic heterocycles. The zero-order valence-corrected chi connectivity index (χ0v) is 11.3. The van der Waals surface area contributed by atoms with Gasteiger partial charge < -0.3 is 0 Å². The van der Waals surface area contributed by atoms with E-state index in [0.717, 1.165) is 12.8 Å². The molecule has 1 aromatic rings. The Hall–Kier alpha value is -1.97. The summed E-state index contributed by atoms with van der Waals surface area (Å²) in [5, 5.41) is 3.93. The molecule has 0 saturated heterocycles. The topological polar surface area (TPSA) is 41.5 Å². The molecule has 102 valence electrons. The maximum Gasteiger partial charge on any atom is 0.240 e. The second-order valence-corrected chi connectivity index (χ2v) is 4.25. The summed E-state index contributed by atoms with van der Waals surface area (Å²) < 4.78 is 13.3. The van der Waals surface area contributed by atoms with Gasteiger partial charge >= 0.3 is 0 Å². The van der Waals surface area contributed by atoms with Crippen molar-refractivity contribution >= 4 is 17.7 Å². The first-order valence-electron chi connectivity index (χ1n) is 6.39. The van der Waals surface area contributed by atoms with E-state index in [9.17, 15) is 9.18 Å². The molecule has 0 atom stereocenters. The number of hydrogen-bond acceptors (Lipinski definition) is 2. The number of benzene rings is 1. The number of carbonyl (C=O) groups is 1. The molecule has 0 aliphatic rings. The van der Waals surface area contributed by atoms with Crippen LogP contribution in [0.4, 0.5) is 4.39 Å². The Kier molecular flexibility index (Phi) is 6.50. The van der Waals surface area contributed by atoms with Gasteiger partial charge in [0.05, 0.1) is 5.71 Å². The van der Waals surface area contributed by atoms with Crippen LogP contribution in [0.2, 0.25) is 0 Å². The van der Waals surface area contributed by atoms with Gasteiger partial charge in [0.15, 0.2) is 0 Å². The molecular formula is C15H19FN2O. The quantitative estimate of drug-likeness (QED) is 0.618. The van der Waals surface area contributed by atoms with E-state index < -0.39 is 0 Å². The number of unbranched alkanes of at least 4 members (excludes halogenated alkanes) is 1. The van der Waals surface area contributed by atoms with Crippen molar-refractivity contribution in [2.75, 3.05) is 0 Å². The molecule has 19 heavy (non-hydrogen) atoms. The van der Waals surface area contributed by atoms with Gasteiger partial charge in [-0.2, -0.15) is 5.10 Å². The Balaban J connectivity index is 2.52. The van der Waals surface area contributed by atoms with Crippen molar-refractivity contribution in [1.29, 1.82) is 0 Å². The second-order valence-electron chi connectivity index (χ2n) is 4.25. The zero-order valence-electron chi connectivity index (χ0n) is 11.3. The largest absolute Gasteiger partial charge is 0.273 e. The first-order valence-corrected chi connectivity index (χ1v) is 6.39. The molecule has 1 N–H and O–H groups in total. The highest BCUT2D eigenvalue weighted by atomic mass is 19.1. The Bertz CT molecular complexity index is 481. The summed E-state index contributed by atoms with van der Waals surface area (Å²) >= 11 is 0. The molecule has 1 amide bonds. The number of nitrogens with one attached hydrogen (secondary N) is 1. The summed E-state index contributed by atoms with van der Waals surface area (Å²) in [5.74, 6) is -0.376. The SMILES string of the molecule is CCCCC(=O)NN=C(C)/C=C/c1ccccc1F. The lowest BCUT2D eigenvalue weighted by Gasteiger charge is -1.99. The van der Waals surface area contributed by atoms with E-state index in [4.69, 9.17) is 0 Å². The molecule has 0 spiro atoms. The molecule has 0 fully saturated rings. The lowest BCUT2D eigenvalue weighted by Crippen LogP contribution is -2.17. The number of carbonyl (C=O) groups excluding carboxylic acids is 1. The number of halogens is 1. The van der Waals surface area contributed by atoms with Crippen LogP contribution in [-0.4, -0.2) is 11.6 Å². The van der Waals surface area contributed by atoms with Crippen LogP contribution < -0.4 is 5.43 Å². The molecule has 0 unspecified atom stereocenters. The minimum Gasteiger partial charge on any atom is -0.273 e. The Labute approximate surface area is 113 Å². The summed E-state index contributed by atoms with van der Waals surface area (Å²) in [6.45, 7) is 3.77. The lowest BCUT2D eigenvalue weighted by molar-refractivity contribution is -0.121. The van der Waals surface area contributed by atoms with E-state index in [1.807, 2.05) is 6.92 Å². The van der Waals surface area contributed by atoms with Crippen LogP contribution in [0, 0.1) is 5.82 Å². The molecule has 4 heteroatoms. The summed E-state index contributed by atoms with van der Waals surface area (Å²) in [4.78, 5) is 11.3. The molecule has 0 aliphatic heterocycles. The second kappa shape index (κ2) is 8.19. The standard InChI is InChI=1S/C15H19FN2O/c1-3-4-9-15(19)18-17-12(2)10-11-13-7-5-6-8-14(13)16/h5-8,10-11H,3-4,9H2,1-2H3,(H,18,19)/b11-10+,17-12?. The van der Waals surface area contributed by atoms with E-state index in [1.165, 1.54) is 6.07 Å². The van der Waals surface area contributed by atoms with Gasteiger partial charge in [-0.05, 0) is 25.5 Å². The predicted octanol–water partition coefficient (Wildman–Crippen LogP) is 3.52. The van der Waals surface area contributed by atoms with Gasteiger partial charge in [-0.25, -0.2) is 9.82 Å². The average Bonchev–Trinajstić information content (AvgIpc) is 2.42. The van der Waals surface area contributed by atoms with E-state index >= 15 is 0 Å². The van der Waals surface area contributed by atoms with Gasteiger partial charge in [0, 0.05) is 12.0 Å². The number of rotatable bonds is 6. The average molecular weight is 262 g/mol. The minimum atomic E-state index is -0.279. The van der Waals surface area contributed by atoms with Gasteiger partial charge in [-0.3, -0.25) is 4.79 Å². The van der Waals surface area contributed by atoms with Crippen LogP contribution in [-0.2, 0) is 4.79 Å². The Morgan fingerprint density at radius 3 is 2.84 bits per heavy atom. The van der Waals surface area contributed by atoms with Gasteiger partial charge in [-0.15, -0.1) is 0 Å². The molecular weight excluding hydrogens is 243 g/mol. The van der Waals surface area contributed by atoms with E-state index in [2.05, 4.69) is 10.5 Å². The first kappa shape index (κ1) is 15.1. The number of hydrogen-bond donors (Lipinski definition) is 1. The monoisotopic (exact) mass is 262 g/mol. The van der Waals surface area contributed by atoms with Crippen LogP contribution in [0.1, 0.15) is 38.7 Å². The summed E-state index contributed by atoms with van der Waals surface area (Å²) in [6, 6.07) is 6.49. The number of nitrogens with zero attached hydrogens (tertiary/aromatic N) is 1. The first-order chi connectivity index (χ1) is 9.13. The van der Waals surface area contributed by atoms with Crippen molar-refractivity contribution in [1.82, 2.24) is 5.43 Å². The van der Waals surface area contributed by atoms with Crippen molar-refractivity contribution in [3.05, 3.63) is 41.7 Å². The van der Waals surface area contributed by atoms with Crippen molar-refractivity contribution in [2.24, 2.45) is 5.10 Å². The summed E-state index contributed by atoms with van der Waals surface area (Å²) in [7, 11) is 0. The molecule has 1 rings (SSSR count). The van der Waals surface area contributed by atoms with Gasteiger partial charge in [-0.1, -0.05) is 37.6 Å². The van der Waals surface area contributed by atoms with Crippen LogP contribution >= 0.6 is 0 Å².